The first kappa shape index (κ1) is 30.2. The lowest BCUT2D eigenvalue weighted by atomic mass is 9.96. The van der Waals surface area contributed by atoms with Gasteiger partial charge in [-0.2, -0.15) is 15.0 Å². The van der Waals surface area contributed by atoms with Gasteiger partial charge in [-0.3, -0.25) is 4.79 Å². The molecule has 1 saturated carbocycles. The van der Waals surface area contributed by atoms with E-state index in [1.165, 1.54) is 24.8 Å². The number of carbonyl (C=O) groups is 1. The largest absolute Gasteiger partial charge is 0.378 e. The fourth-order valence-electron chi connectivity index (χ4n) is 4.55. The third kappa shape index (κ3) is 10.9. The Balaban J connectivity index is 1.31. The second-order valence-corrected chi connectivity index (χ2v) is 9.92. The molecule has 2 aromatic carbocycles. The lowest BCUT2D eigenvalue weighted by Crippen LogP contribution is -2.27. The van der Waals surface area contributed by atoms with Gasteiger partial charge in [-0.1, -0.05) is 49.6 Å². The molecule has 1 aromatic heterocycles. The summed E-state index contributed by atoms with van der Waals surface area (Å²) in [6.07, 6.45) is 6.80. The SMILES string of the molecule is NCCOCCOCCNC(=O)c1ccc(Nc2nc(NCCc3ccccc3)nc(NC3CCCCC3)n2)cc1. The van der Waals surface area contributed by atoms with Crippen molar-refractivity contribution in [1.82, 2.24) is 20.3 Å². The third-order valence-corrected chi connectivity index (χ3v) is 6.68. The number of nitrogens with zero attached hydrogens (tertiary/aromatic N) is 3. The fourth-order valence-corrected chi connectivity index (χ4v) is 4.55. The van der Waals surface area contributed by atoms with Crippen LogP contribution in [0.5, 0.6) is 0 Å². The van der Waals surface area contributed by atoms with E-state index in [-0.39, 0.29) is 5.91 Å². The summed E-state index contributed by atoms with van der Waals surface area (Å²) in [6.45, 7) is 3.50. The molecular formula is C30H42N8O3. The van der Waals surface area contributed by atoms with E-state index in [1.807, 2.05) is 30.3 Å². The zero-order valence-corrected chi connectivity index (χ0v) is 23.6. The van der Waals surface area contributed by atoms with Crippen LogP contribution in [-0.2, 0) is 15.9 Å². The number of benzene rings is 2. The van der Waals surface area contributed by atoms with E-state index in [4.69, 9.17) is 15.2 Å². The Labute approximate surface area is 242 Å². The first-order chi connectivity index (χ1) is 20.2. The predicted octanol–water partition coefficient (Wildman–Crippen LogP) is 3.74. The van der Waals surface area contributed by atoms with Crippen molar-refractivity contribution in [3.8, 4) is 0 Å². The Morgan fingerprint density at radius 2 is 1.51 bits per heavy atom. The van der Waals surface area contributed by atoms with Crippen LogP contribution in [0.25, 0.3) is 0 Å². The van der Waals surface area contributed by atoms with Gasteiger partial charge in [0.2, 0.25) is 17.8 Å². The standard InChI is InChI=1S/C30H42N8O3/c31-16-19-40-21-22-41-20-18-32-27(39)24-11-13-26(14-12-24)35-30-37-28(33-17-15-23-7-3-1-4-8-23)36-29(38-30)34-25-9-5-2-6-10-25/h1,3-4,7-8,11-14,25H,2,5-6,9-10,15-22,31H2,(H,32,39)(H3,33,34,35,36,37,38). The highest BCUT2D eigenvalue weighted by atomic mass is 16.5. The first-order valence-corrected chi connectivity index (χ1v) is 14.5. The van der Waals surface area contributed by atoms with Crippen molar-refractivity contribution >= 4 is 29.4 Å². The summed E-state index contributed by atoms with van der Waals surface area (Å²) in [5.41, 5.74) is 7.95. The van der Waals surface area contributed by atoms with Crippen LogP contribution in [0.15, 0.2) is 54.6 Å². The number of nitrogens with two attached hydrogens (primary N) is 1. The molecule has 0 atom stereocenters. The summed E-state index contributed by atoms with van der Waals surface area (Å²) in [4.78, 5) is 26.4. The molecule has 0 spiro atoms. The van der Waals surface area contributed by atoms with E-state index in [2.05, 4.69) is 48.4 Å². The van der Waals surface area contributed by atoms with Gasteiger partial charge >= 0.3 is 0 Å². The second kappa shape index (κ2) is 17.1. The zero-order chi connectivity index (χ0) is 28.5. The number of aromatic nitrogens is 3. The lowest BCUT2D eigenvalue weighted by Gasteiger charge is -2.23. The van der Waals surface area contributed by atoms with Crippen molar-refractivity contribution in [2.75, 3.05) is 62.0 Å². The smallest absolute Gasteiger partial charge is 0.251 e. The van der Waals surface area contributed by atoms with Gasteiger partial charge in [0.25, 0.3) is 5.91 Å². The molecule has 6 N–H and O–H groups in total. The molecule has 11 nitrogen and oxygen atoms in total. The minimum Gasteiger partial charge on any atom is -0.378 e. The Kier molecular flexibility index (Phi) is 12.6. The van der Waals surface area contributed by atoms with Crippen LogP contribution in [0.3, 0.4) is 0 Å². The molecule has 0 aliphatic heterocycles. The average Bonchev–Trinajstić information content (AvgIpc) is 3.00. The van der Waals surface area contributed by atoms with Gasteiger partial charge in [-0.05, 0) is 49.1 Å². The third-order valence-electron chi connectivity index (χ3n) is 6.68. The zero-order valence-electron chi connectivity index (χ0n) is 23.6. The lowest BCUT2D eigenvalue weighted by molar-refractivity contribution is 0.0511. The molecule has 0 saturated heterocycles. The summed E-state index contributed by atoms with van der Waals surface area (Å²) < 4.78 is 10.7. The maximum absolute atomic E-state index is 12.5. The van der Waals surface area contributed by atoms with Crippen LogP contribution in [0.2, 0.25) is 0 Å². The van der Waals surface area contributed by atoms with Crippen LogP contribution in [-0.4, -0.2) is 73.0 Å². The highest BCUT2D eigenvalue weighted by Gasteiger charge is 2.16. The number of hydrogen-bond acceptors (Lipinski definition) is 10. The van der Waals surface area contributed by atoms with Crippen molar-refractivity contribution < 1.29 is 14.3 Å². The molecule has 220 valence electrons. The number of carbonyl (C=O) groups excluding carboxylic acids is 1. The van der Waals surface area contributed by atoms with Gasteiger partial charge in [0, 0.05) is 36.9 Å². The molecule has 4 rings (SSSR count). The van der Waals surface area contributed by atoms with Gasteiger partial charge in [-0.15, -0.1) is 0 Å². The van der Waals surface area contributed by atoms with Gasteiger partial charge in [0.1, 0.15) is 0 Å². The Hall–Kier alpha value is -3.80. The molecule has 0 bridgehead atoms. The molecule has 1 amide bonds. The molecule has 0 unspecified atom stereocenters. The van der Waals surface area contributed by atoms with E-state index in [1.54, 1.807) is 12.1 Å². The fraction of sp³-hybridized carbons (Fsp3) is 0.467. The van der Waals surface area contributed by atoms with E-state index in [0.29, 0.717) is 75.5 Å². The molecule has 0 radical (unpaired) electrons. The minimum atomic E-state index is -0.163. The van der Waals surface area contributed by atoms with Gasteiger partial charge in [-0.25, -0.2) is 0 Å². The van der Waals surface area contributed by atoms with E-state index < -0.39 is 0 Å². The monoisotopic (exact) mass is 562 g/mol. The summed E-state index contributed by atoms with van der Waals surface area (Å²) in [5.74, 6) is 1.34. The Morgan fingerprint density at radius 3 is 2.27 bits per heavy atom. The Morgan fingerprint density at radius 1 is 0.805 bits per heavy atom. The van der Waals surface area contributed by atoms with Crippen LogP contribution >= 0.6 is 0 Å². The number of ether oxygens (including phenoxy) is 2. The van der Waals surface area contributed by atoms with Crippen LogP contribution in [0, 0.1) is 0 Å². The number of hydrogen-bond donors (Lipinski definition) is 5. The molecule has 1 fully saturated rings. The molecule has 1 heterocycles. The number of nitrogens with one attached hydrogen (secondary N) is 4. The topological polar surface area (TPSA) is 148 Å². The number of amides is 1. The van der Waals surface area contributed by atoms with Crippen molar-refractivity contribution in [2.24, 2.45) is 5.73 Å². The second-order valence-electron chi connectivity index (χ2n) is 9.92. The van der Waals surface area contributed by atoms with Gasteiger partial charge < -0.3 is 36.5 Å². The first-order valence-electron chi connectivity index (χ1n) is 14.5. The van der Waals surface area contributed by atoms with Crippen LogP contribution < -0.4 is 27.0 Å². The molecule has 1 aliphatic rings. The van der Waals surface area contributed by atoms with Crippen molar-refractivity contribution in [1.29, 1.82) is 0 Å². The Bertz CT molecular complexity index is 1170. The highest BCUT2D eigenvalue weighted by molar-refractivity contribution is 5.94. The van der Waals surface area contributed by atoms with E-state index >= 15 is 0 Å². The average molecular weight is 563 g/mol. The molecular weight excluding hydrogens is 520 g/mol. The number of rotatable bonds is 17. The normalized spacial score (nSPS) is 13.5. The molecule has 1 aliphatic carbocycles. The van der Waals surface area contributed by atoms with Crippen molar-refractivity contribution in [3.63, 3.8) is 0 Å². The summed E-state index contributed by atoms with van der Waals surface area (Å²) in [5, 5.41) is 13.0. The molecule has 3 aromatic rings. The van der Waals surface area contributed by atoms with Gasteiger partial charge in [0.05, 0.1) is 26.4 Å². The summed E-state index contributed by atoms with van der Waals surface area (Å²) in [7, 11) is 0. The van der Waals surface area contributed by atoms with E-state index in [0.717, 1.165) is 24.9 Å². The predicted molar refractivity (Wildman–Crippen MR) is 162 cm³/mol. The van der Waals surface area contributed by atoms with Gasteiger partial charge in [0.15, 0.2) is 0 Å². The maximum atomic E-state index is 12.5. The van der Waals surface area contributed by atoms with Crippen molar-refractivity contribution in [2.45, 2.75) is 44.6 Å². The maximum Gasteiger partial charge on any atom is 0.251 e. The van der Waals surface area contributed by atoms with E-state index in [9.17, 15) is 4.79 Å². The van der Waals surface area contributed by atoms with Crippen LogP contribution in [0.4, 0.5) is 23.5 Å². The number of anilines is 4. The summed E-state index contributed by atoms with van der Waals surface area (Å²) in [6, 6.07) is 17.9. The highest BCUT2D eigenvalue weighted by Crippen LogP contribution is 2.22. The minimum absolute atomic E-state index is 0.163. The molecule has 41 heavy (non-hydrogen) atoms. The quantitative estimate of drug-likeness (QED) is 0.154. The van der Waals surface area contributed by atoms with Crippen LogP contribution in [0.1, 0.15) is 48.0 Å². The summed E-state index contributed by atoms with van der Waals surface area (Å²) >= 11 is 0. The molecule has 11 heteroatoms. The van der Waals surface area contributed by atoms with Crippen molar-refractivity contribution in [3.05, 3.63) is 65.7 Å².